The molecule has 2 rings (SSSR count). The van der Waals surface area contributed by atoms with Crippen LogP contribution in [0.1, 0.15) is 0 Å². The van der Waals surface area contributed by atoms with E-state index < -0.39 is 7.60 Å². The fraction of sp³-hybridized carbons (Fsp3) is 0.111. The van der Waals surface area contributed by atoms with Gasteiger partial charge >= 0.3 is 7.60 Å². The van der Waals surface area contributed by atoms with Crippen LogP contribution in [0, 0.1) is 0 Å². The zero-order chi connectivity index (χ0) is 14.2. The molecule has 0 saturated heterocycles. The number of hydrogen-bond acceptors (Lipinski definition) is 6. The van der Waals surface area contributed by atoms with E-state index in [1.54, 1.807) is 6.26 Å². The standard InChI is InChI=1S/C9H9BrN3O4PS/c1-19-8-5(10)6(12-9(11)13-8)7-4(2-3-17-7)18(14,15)16/h2-3H,1H3,(H2,11,12,13)(H2,14,15,16). The van der Waals surface area contributed by atoms with E-state index in [4.69, 9.17) is 10.2 Å². The summed E-state index contributed by atoms with van der Waals surface area (Å²) in [4.78, 5) is 26.5. The van der Waals surface area contributed by atoms with Crippen molar-refractivity contribution in [1.29, 1.82) is 0 Å². The Hall–Kier alpha value is -0.860. The Morgan fingerprint density at radius 2 is 2.16 bits per heavy atom. The lowest BCUT2D eigenvalue weighted by atomic mass is 10.3. The molecular formula is C9H9BrN3O4PS. The third kappa shape index (κ3) is 2.85. The fourth-order valence-corrected chi connectivity index (χ4v) is 3.42. The molecule has 10 heteroatoms. The Balaban J connectivity index is 2.70. The number of anilines is 1. The van der Waals surface area contributed by atoms with Gasteiger partial charge in [-0.25, -0.2) is 9.97 Å². The number of furan rings is 1. The molecule has 2 aromatic rings. The van der Waals surface area contributed by atoms with E-state index in [1.807, 2.05) is 0 Å². The van der Waals surface area contributed by atoms with Crippen molar-refractivity contribution >= 4 is 46.5 Å². The van der Waals surface area contributed by atoms with E-state index in [0.717, 1.165) is 0 Å². The van der Waals surface area contributed by atoms with Crippen LogP contribution < -0.4 is 11.0 Å². The second-order valence-corrected chi connectivity index (χ2v) is 6.59. The number of rotatable bonds is 3. The number of nitrogens with zero attached hydrogens (tertiary/aromatic N) is 2. The molecule has 0 atom stereocenters. The normalized spacial score (nSPS) is 11.8. The molecule has 0 amide bonds. The molecule has 0 aliphatic carbocycles. The van der Waals surface area contributed by atoms with Crippen LogP contribution in [0.15, 0.2) is 26.2 Å². The summed E-state index contributed by atoms with van der Waals surface area (Å²) in [6, 6.07) is 1.21. The molecule has 0 bridgehead atoms. The second-order valence-electron chi connectivity index (χ2n) is 3.43. The van der Waals surface area contributed by atoms with E-state index >= 15 is 0 Å². The summed E-state index contributed by atoms with van der Waals surface area (Å²) in [5, 5.41) is 0.314. The van der Waals surface area contributed by atoms with E-state index in [2.05, 4.69) is 25.9 Å². The summed E-state index contributed by atoms with van der Waals surface area (Å²) in [6.45, 7) is 0. The van der Waals surface area contributed by atoms with E-state index in [-0.39, 0.29) is 22.7 Å². The highest BCUT2D eigenvalue weighted by Crippen LogP contribution is 2.41. The third-order valence-corrected chi connectivity index (χ3v) is 4.88. The molecule has 2 aromatic heterocycles. The Morgan fingerprint density at radius 3 is 2.74 bits per heavy atom. The number of thioether (sulfide) groups is 1. The van der Waals surface area contributed by atoms with Gasteiger partial charge in [0.15, 0.2) is 5.76 Å². The van der Waals surface area contributed by atoms with Crippen molar-refractivity contribution in [2.24, 2.45) is 0 Å². The van der Waals surface area contributed by atoms with Crippen molar-refractivity contribution < 1.29 is 18.8 Å². The van der Waals surface area contributed by atoms with Crippen molar-refractivity contribution in [3.8, 4) is 11.5 Å². The van der Waals surface area contributed by atoms with Gasteiger partial charge in [-0.15, -0.1) is 11.8 Å². The first-order valence-electron chi connectivity index (χ1n) is 4.85. The molecule has 102 valence electrons. The van der Waals surface area contributed by atoms with Crippen LogP contribution in [0.2, 0.25) is 0 Å². The Labute approximate surface area is 120 Å². The summed E-state index contributed by atoms with van der Waals surface area (Å²) >= 11 is 4.60. The van der Waals surface area contributed by atoms with E-state index in [0.29, 0.717) is 9.50 Å². The first-order chi connectivity index (χ1) is 8.84. The Morgan fingerprint density at radius 1 is 1.47 bits per heavy atom. The van der Waals surface area contributed by atoms with Crippen molar-refractivity contribution in [2.75, 3.05) is 12.0 Å². The van der Waals surface area contributed by atoms with Crippen molar-refractivity contribution in [1.82, 2.24) is 9.97 Å². The van der Waals surface area contributed by atoms with Gasteiger partial charge in [-0.3, -0.25) is 4.57 Å². The lowest BCUT2D eigenvalue weighted by Crippen LogP contribution is -2.07. The van der Waals surface area contributed by atoms with Gasteiger partial charge in [0, 0.05) is 0 Å². The zero-order valence-electron chi connectivity index (χ0n) is 9.57. The topological polar surface area (TPSA) is 122 Å². The van der Waals surface area contributed by atoms with Gasteiger partial charge in [0.1, 0.15) is 16.0 Å². The lowest BCUT2D eigenvalue weighted by Gasteiger charge is -2.08. The number of halogens is 1. The molecule has 0 aliphatic rings. The maximum Gasteiger partial charge on any atom is 0.360 e. The van der Waals surface area contributed by atoms with Crippen LogP contribution in [-0.2, 0) is 4.57 Å². The van der Waals surface area contributed by atoms with Gasteiger partial charge in [-0.05, 0) is 28.3 Å². The van der Waals surface area contributed by atoms with Crippen molar-refractivity contribution in [3.63, 3.8) is 0 Å². The largest absolute Gasteiger partial charge is 0.462 e. The summed E-state index contributed by atoms with van der Waals surface area (Å²) in [6.07, 6.45) is 2.98. The van der Waals surface area contributed by atoms with Crippen molar-refractivity contribution in [3.05, 3.63) is 16.8 Å². The van der Waals surface area contributed by atoms with Gasteiger partial charge in [-0.1, -0.05) is 0 Å². The maximum atomic E-state index is 11.4. The van der Waals surface area contributed by atoms with Gasteiger partial charge < -0.3 is 19.9 Å². The first kappa shape index (κ1) is 14.5. The minimum Gasteiger partial charge on any atom is -0.462 e. The molecule has 0 spiro atoms. The summed E-state index contributed by atoms with van der Waals surface area (Å²) < 4.78 is 17.0. The Bertz CT molecular complexity index is 671. The zero-order valence-corrected chi connectivity index (χ0v) is 12.9. The molecule has 0 unspecified atom stereocenters. The molecule has 0 radical (unpaired) electrons. The van der Waals surface area contributed by atoms with Crippen LogP contribution in [-0.4, -0.2) is 26.0 Å². The highest BCUT2D eigenvalue weighted by Gasteiger charge is 2.28. The minimum absolute atomic E-state index is 0.00406. The number of nitrogens with two attached hydrogens (primary N) is 1. The van der Waals surface area contributed by atoms with E-state index in [1.165, 1.54) is 24.1 Å². The SMILES string of the molecule is CSc1nc(N)nc(-c2occc2P(=O)(O)O)c1Br. The smallest absolute Gasteiger partial charge is 0.360 e. The number of aromatic nitrogens is 2. The maximum absolute atomic E-state index is 11.4. The molecule has 0 aliphatic heterocycles. The highest BCUT2D eigenvalue weighted by molar-refractivity contribution is 9.10. The average molecular weight is 366 g/mol. The van der Waals surface area contributed by atoms with Crippen LogP contribution in [0.5, 0.6) is 0 Å². The van der Waals surface area contributed by atoms with Crippen LogP contribution in [0.3, 0.4) is 0 Å². The molecular weight excluding hydrogens is 357 g/mol. The summed E-state index contributed by atoms with van der Waals surface area (Å²) in [5.74, 6) is -0.0276. The monoisotopic (exact) mass is 365 g/mol. The van der Waals surface area contributed by atoms with E-state index in [9.17, 15) is 14.4 Å². The van der Waals surface area contributed by atoms with Crippen LogP contribution in [0.25, 0.3) is 11.5 Å². The highest BCUT2D eigenvalue weighted by atomic mass is 79.9. The van der Waals surface area contributed by atoms with Gasteiger partial charge in [0.05, 0.1) is 10.7 Å². The first-order valence-corrected chi connectivity index (χ1v) is 8.48. The quantitative estimate of drug-likeness (QED) is 0.425. The molecule has 2 heterocycles. The summed E-state index contributed by atoms with van der Waals surface area (Å²) in [5.41, 5.74) is 5.79. The number of nitrogen functional groups attached to an aromatic ring is 1. The molecule has 0 saturated carbocycles. The molecule has 7 nitrogen and oxygen atoms in total. The van der Waals surface area contributed by atoms with Crippen LogP contribution in [0.4, 0.5) is 5.95 Å². The molecule has 0 aromatic carbocycles. The lowest BCUT2D eigenvalue weighted by molar-refractivity contribution is 0.387. The molecule has 19 heavy (non-hydrogen) atoms. The van der Waals surface area contributed by atoms with Gasteiger partial charge in [-0.2, -0.15) is 0 Å². The average Bonchev–Trinajstić information content (AvgIpc) is 2.80. The molecule has 4 N–H and O–H groups in total. The minimum atomic E-state index is -4.45. The van der Waals surface area contributed by atoms with Crippen LogP contribution >= 0.6 is 35.3 Å². The number of hydrogen-bond donors (Lipinski definition) is 3. The second kappa shape index (κ2) is 5.26. The molecule has 0 fully saturated rings. The Kier molecular flexibility index (Phi) is 4.03. The third-order valence-electron chi connectivity index (χ3n) is 2.20. The van der Waals surface area contributed by atoms with Crippen molar-refractivity contribution in [2.45, 2.75) is 5.03 Å². The predicted octanol–water partition coefficient (Wildman–Crippen LogP) is 1.61. The predicted molar refractivity (Wildman–Crippen MR) is 75.3 cm³/mol. The van der Waals surface area contributed by atoms with Gasteiger partial charge in [0.25, 0.3) is 0 Å². The summed E-state index contributed by atoms with van der Waals surface area (Å²) in [7, 11) is -4.45. The fourth-order valence-electron chi connectivity index (χ4n) is 1.44. The van der Waals surface area contributed by atoms with Gasteiger partial charge in [0.2, 0.25) is 5.95 Å².